The number of amides is 1. The van der Waals surface area contributed by atoms with Crippen LogP contribution in [0, 0.1) is 6.92 Å². The van der Waals surface area contributed by atoms with Crippen LogP contribution in [0.1, 0.15) is 37.7 Å². The maximum absolute atomic E-state index is 11.5. The van der Waals surface area contributed by atoms with Crippen molar-refractivity contribution < 1.29 is 9.53 Å². The third-order valence-corrected chi connectivity index (χ3v) is 2.67. The highest BCUT2D eigenvalue weighted by molar-refractivity contribution is 5.76. The molecule has 1 heterocycles. The van der Waals surface area contributed by atoms with E-state index in [2.05, 4.69) is 34.4 Å². The fraction of sp³-hybridized carbons (Fsp3) is 0.643. The molecule has 0 atom stereocenters. The lowest BCUT2D eigenvalue weighted by Crippen LogP contribution is -2.28. The topological polar surface area (TPSA) is 76.1 Å². The van der Waals surface area contributed by atoms with Crippen LogP contribution in [0.3, 0.4) is 0 Å². The van der Waals surface area contributed by atoms with Crippen LogP contribution in [0.25, 0.3) is 0 Å². The molecule has 0 aromatic carbocycles. The van der Waals surface area contributed by atoms with E-state index in [4.69, 9.17) is 4.74 Å². The zero-order chi connectivity index (χ0) is 15.0. The van der Waals surface area contributed by atoms with Gasteiger partial charge in [0.25, 0.3) is 0 Å². The van der Waals surface area contributed by atoms with Crippen LogP contribution in [0.4, 0.5) is 5.82 Å². The number of hydrogen-bond acceptors (Lipinski definition) is 5. The van der Waals surface area contributed by atoms with Crippen molar-refractivity contribution in [3.8, 4) is 0 Å². The Morgan fingerprint density at radius 1 is 1.35 bits per heavy atom. The molecule has 0 aliphatic heterocycles. The molecule has 1 amide bonds. The summed E-state index contributed by atoms with van der Waals surface area (Å²) in [5, 5.41) is 5.93. The van der Waals surface area contributed by atoms with Gasteiger partial charge in [-0.25, -0.2) is 9.97 Å². The summed E-state index contributed by atoms with van der Waals surface area (Å²) in [7, 11) is 1.61. The maximum Gasteiger partial charge on any atom is 0.221 e. The van der Waals surface area contributed by atoms with E-state index in [0.717, 1.165) is 17.3 Å². The van der Waals surface area contributed by atoms with Gasteiger partial charge < -0.3 is 15.4 Å². The third-order valence-electron chi connectivity index (χ3n) is 2.67. The first-order valence-electron chi connectivity index (χ1n) is 6.88. The number of anilines is 1. The van der Waals surface area contributed by atoms with Crippen molar-refractivity contribution in [1.82, 2.24) is 15.3 Å². The molecular formula is C14H24N4O2. The molecule has 0 unspecified atom stereocenters. The number of hydrogen-bond donors (Lipinski definition) is 2. The molecule has 1 rings (SSSR count). The summed E-state index contributed by atoms with van der Waals surface area (Å²) in [5.41, 5.74) is 0.927. The van der Waals surface area contributed by atoms with E-state index in [1.54, 1.807) is 7.11 Å². The first-order chi connectivity index (χ1) is 9.52. The number of ether oxygens (including phenoxy) is 1. The molecule has 0 saturated carbocycles. The summed E-state index contributed by atoms with van der Waals surface area (Å²) in [4.78, 5) is 20.3. The molecule has 1 aromatic heterocycles. The Bertz CT molecular complexity index is 435. The molecule has 6 nitrogen and oxygen atoms in total. The molecule has 112 valence electrons. The molecule has 0 spiro atoms. The Kier molecular flexibility index (Phi) is 6.93. The summed E-state index contributed by atoms with van der Waals surface area (Å²) < 4.78 is 4.87. The first-order valence-corrected chi connectivity index (χ1v) is 6.88. The zero-order valence-corrected chi connectivity index (χ0v) is 12.7. The maximum atomic E-state index is 11.5. The van der Waals surface area contributed by atoms with Crippen LogP contribution >= 0.6 is 0 Å². The summed E-state index contributed by atoms with van der Waals surface area (Å²) in [6.45, 7) is 7.67. The molecule has 20 heavy (non-hydrogen) atoms. The lowest BCUT2D eigenvalue weighted by Gasteiger charge is -2.10. The number of methoxy groups -OCH3 is 1. The summed E-state index contributed by atoms with van der Waals surface area (Å²) in [6, 6.07) is 1.88. The van der Waals surface area contributed by atoms with Crippen LogP contribution in [-0.4, -0.2) is 42.7 Å². The Hall–Kier alpha value is -1.69. The van der Waals surface area contributed by atoms with Crippen molar-refractivity contribution in [1.29, 1.82) is 0 Å². The average Bonchev–Trinajstić information content (AvgIpc) is 2.38. The van der Waals surface area contributed by atoms with Crippen LogP contribution in [-0.2, 0) is 9.53 Å². The highest BCUT2D eigenvalue weighted by Crippen LogP contribution is 2.13. The van der Waals surface area contributed by atoms with Crippen LogP contribution in [0.5, 0.6) is 0 Å². The minimum Gasteiger partial charge on any atom is -0.383 e. The number of nitrogens with one attached hydrogen (secondary N) is 2. The lowest BCUT2D eigenvalue weighted by atomic mass is 10.2. The molecule has 0 fully saturated rings. The normalized spacial score (nSPS) is 10.7. The predicted octanol–water partition coefficient (Wildman–Crippen LogP) is 1.47. The van der Waals surface area contributed by atoms with E-state index in [1.165, 1.54) is 0 Å². The smallest absolute Gasteiger partial charge is 0.221 e. The van der Waals surface area contributed by atoms with E-state index in [0.29, 0.717) is 26.1 Å². The minimum atomic E-state index is 0.00408. The van der Waals surface area contributed by atoms with Gasteiger partial charge in [-0.3, -0.25) is 4.79 Å². The predicted molar refractivity (Wildman–Crippen MR) is 78.9 cm³/mol. The fourth-order valence-electron chi connectivity index (χ4n) is 1.63. The van der Waals surface area contributed by atoms with Gasteiger partial charge in [-0.05, 0) is 6.92 Å². The van der Waals surface area contributed by atoms with Crippen LogP contribution < -0.4 is 10.6 Å². The van der Waals surface area contributed by atoms with Crippen molar-refractivity contribution >= 4 is 11.7 Å². The summed E-state index contributed by atoms with van der Waals surface area (Å²) >= 11 is 0. The average molecular weight is 280 g/mol. The monoisotopic (exact) mass is 280 g/mol. The molecule has 6 heteroatoms. The Morgan fingerprint density at radius 2 is 2.10 bits per heavy atom. The number of rotatable bonds is 8. The number of carbonyl (C=O) groups excluding carboxylic acids is 1. The van der Waals surface area contributed by atoms with Gasteiger partial charge >= 0.3 is 0 Å². The Morgan fingerprint density at radius 3 is 2.75 bits per heavy atom. The SMILES string of the molecule is COCCNC(=O)CCNc1cc(C)nc(C(C)C)n1. The number of aromatic nitrogens is 2. The highest BCUT2D eigenvalue weighted by Gasteiger charge is 2.06. The lowest BCUT2D eigenvalue weighted by molar-refractivity contribution is -0.121. The van der Waals surface area contributed by atoms with E-state index in [9.17, 15) is 4.79 Å². The molecule has 2 N–H and O–H groups in total. The van der Waals surface area contributed by atoms with Gasteiger partial charge in [-0.15, -0.1) is 0 Å². The van der Waals surface area contributed by atoms with Gasteiger partial charge in [0.2, 0.25) is 5.91 Å². The van der Waals surface area contributed by atoms with Gasteiger partial charge in [0.05, 0.1) is 6.61 Å². The van der Waals surface area contributed by atoms with E-state index >= 15 is 0 Å². The second-order valence-electron chi connectivity index (χ2n) is 4.93. The molecule has 1 aromatic rings. The molecule has 0 bridgehead atoms. The van der Waals surface area contributed by atoms with Gasteiger partial charge in [0.15, 0.2) is 0 Å². The van der Waals surface area contributed by atoms with E-state index < -0.39 is 0 Å². The quantitative estimate of drug-likeness (QED) is 0.705. The minimum absolute atomic E-state index is 0.00408. The Balaban J connectivity index is 2.40. The van der Waals surface area contributed by atoms with E-state index in [-0.39, 0.29) is 11.8 Å². The number of nitrogens with zero attached hydrogens (tertiary/aromatic N) is 2. The van der Waals surface area contributed by atoms with Gasteiger partial charge in [-0.2, -0.15) is 0 Å². The number of carbonyl (C=O) groups is 1. The van der Waals surface area contributed by atoms with Crippen LogP contribution in [0.2, 0.25) is 0 Å². The molecule has 0 aliphatic carbocycles. The Labute approximate surface area is 120 Å². The van der Waals surface area contributed by atoms with Crippen LogP contribution in [0.15, 0.2) is 6.07 Å². The van der Waals surface area contributed by atoms with Gasteiger partial charge in [0, 0.05) is 44.3 Å². The number of aryl methyl sites for hydroxylation is 1. The van der Waals surface area contributed by atoms with Gasteiger partial charge in [0.1, 0.15) is 11.6 Å². The second-order valence-corrected chi connectivity index (χ2v) is 4.93. The van der Waals surface area contributed by atoms with E-state index in [1.807, 2.05) is 13.0 Å². The first kappa shape index (κ1) is 16.4. The van der Waals surface area contributed by atoms with Crippen molar-refractivity contribution in [3.05, 3.63) is 17.6 Å². The fourth-order valence-corrected chi connectivity index (χ4v) is 1.63. The second kappa shape index (κ2) is 8.47. The summed E-state index contributed by atoms with van der Waals surface area (Å²) in [6.07, 6.45) is 0.407. The largest absolute Gasteiger partial charge is 0.383 e. The highest BCUT2D eigenvalue weighted by atomic mass is 16.5. The van der Waals surface area contributed by atoms with Crippen molar-refractivity contribution in [2.24, 2.45) is 0 Å². The van der Waals surface area contributed by atoms with Crippen molar-refractivity contribution in [2.45, 2.75) is 33.1 Å². The van der Waals surface area contributed by atoms with Crippen molar-refractivity contribution in [3.63, 3.8) is 0 Å². The molecular weight excluding hydrogens is 256 g/mol. The zero-order valence-electron chi connectivity index (χ0n) is 12.7. The molecule has 0 radical (unpaired) electrons. The third kappa shape index (κ3) is 5.97. The van der Waals surface area contributed by atoms with Crippen molar-refractivity contribution in [2.75, 3.05) is 32.1 Å². The van der Waals surface area contributed by atoms with Gasteiger partial charge in [-0.1, -0.05) is 13.8 Å². The summed E-state index contributed by atoms with van der Waals surface area (Å²) in [5.74, 6) is 1.88. The molecule has 0 aliphatic rings. The molecule has 0 saturated heterocycles. The standard InChI is InChI=1S/C14H24N4O2/c1-10(2)14-17-11(3)9-12(18-14)15-6-5-13(19)16-7-8-20-4/h9-10H,5-8H2,1-4H3,(H,16,19)(H,15,17,18).